The summed E-state index contributed by atoms with van der Waals surface area (Å²) in [6.45, 7) is 2.22. The highest BCUT2D eigenvalue weighted by Crippen LogP contribution is 2.26. The van der Waals surface area contributed by atoms with Crippen molar-refractivity contribution in [3.8, 4) is 0 Å². The summed E-state index contributed by atoms with van der Waals surface area (Å²) in [5.74, 6) is -0.182. The van der Waals surface area contributed by atoms with Crippen LogP contribution < -0.4 is 9.62 Å². The van der Waals surface area contributed by atoms with Crippen LogP contribution in [-0.2, 0) is 29.4 Å². The quantitative estimate of drug-likeness (QED) is 0.573. The third-order valence-corrected chi connectivity index (χ3v) is 7.10. The van der Waals surface area contributed by atoms with Crippen molar-refractivity contribution in [3.63, 3.8) is 0 Å². The van der Waals surface area contributed by atoms with Gasteiger partial charge in [-0.1, -0.05) is 48.5 Å². The van der Waals surface area contributed by atoms with Gasteiger partial charge in [-0.2, -0.15) is 0 Å². The minimum atomic E-state index is -3.48. The highest BCUT2D eigenvalue weighted by Gasteiger charge is 2.19. The van der Waals surface area contributed by atoms with Crippen LogP contribution in [-0.4, -0.2) is 20.6 Å². The van der Waals surface area contributed by atoms with E-state index in [-0.39, 0.29) is 18.5 Å². The fourth-order valence-corrected chi connectivity index (χ4v) is 5.04. The Labute approximate surface area is 190 Å². The number of nitrogens with one attached hydrogen (secondary N) is 1. The Balaban J connectivity index is 1.47. The maximum atomic E-state index is 12.8. The molecule has 0 bridgehead atoms. The number of carbonyl (C=O) groups excluding carboxylic acids is 1. The average molecular weight is 449 g/mol. The van der Waals surface area contributed by atoms with Crippen LogP contribution in [0.2, 0.25) is 0 Å². The molecular weight excluding hydrogens is 420 g/mol. The molecule has 1 atom stereocenters. The number of anilines is 1. The third-order valence-electron chi connectivity index (χ3n) is 5.96. The normalized spacial score (nSPS) is 13.9. The molecule has 1 aliphatic rings. The van der Waals surface area contributed by atoms with Crippen LogP contribution in [0.5, 0.6) is 0 Å². The Morgan fingerprint density at radius 1 is 0.969 bits per heavy atom. The maximum absolute atomic E-state index is 12.8. The van der Waals surface area contributed by atoms with E-state index in [0.717, 1.165) is 24.0 Å². The first-order chi connectivity index (χ1) is 15.3. The lowest BCUT2D eigenvalue weighted by Crippen LogP contribution is -2.29. The molecule has 0 radical (unpaired) electrons. The van der Waals surface area contributed by atoms with Crippen LogP contribution >= 0.6 is 0 Å². The van der Waals surface area contributed by atoms with Crippen molar-refractivity contribution in [1.82, 2.24) is 5.32 Å². The topological polar surface area (TPSA) is 66.5 Å². The molecule has 32 heavy (non-hydrogen) atoms. The van der Waals surface area contributed by atoms with Gasteiger partial charge < -0.3 is 5.32 Å². The van der Waals surface area contributed by atoms with Gasteiger partial charge in [0.25, 0.3) is 5.91 Å². The second kappa shape index (κ2) is 9.17. The van der Waals surface area contributed by atoms with Gasteiger partial charge in [0.2, 0.25) is 10.0 Å². The average Bonchev–Trinajstić information content (AvgIpc) is 3.25. The Bertz CT molecular complexity index is 1210. The number of nitrogens with zero attached hydrogens (tertiary/aromatic N) is 1. The van der Waals surface area contributed by atoms with Crippen molar-refractivity contribution < 1.29 is 13.2 Å². The summed E-state index contributed by atoms with van der Waals surface area (Å²) in [4.78, 5) is 12.8. The molecule has 0 aliphatic heterocycles. The zero-order valence-electron chi connectivity index (χ0n) is 18.4. The van der Waals surface area contributed by atoms with Crippen molar-refractivity contribution in [2.24, 2.45) is 0 Å². The maximum Gasteiger partial charge on any atom is 0.251 e. The van der Waals surface area contributed by atoms with Gasteiger partial charge in [-0.05, 0) is 72.7 Å². The van der Waals surface area contributed by atoms with Gasteiger partial charge in [0.05, 0.1) is 24.5 Å². The van der Waals surface area contributed by atoms with Gasteiger partial charge in [0.1, 0.15) is 0 Å². The highest BCUT2D eigenvalue weighted by atomic mass is 32.2. The molecule has 0 unspecified atom stereocenters. The lowest BCUT2D eigenvalue weighted by molar-refractivity contribution is 0.0940. The smallest absolute Gasteiger partial charge is 0.251 e. The van der Waals surface area contributed by atoms with E-state index in [0.29, 0.717) is 11.3 Å². The Kier molecular flexibility index (Phi) is 6.33. The summed E-state index contributed by atoms with van der Waals surface area (Å²) in [7, 11) is -3.48. The van der Waals surface area contributed by atoms with Gasteiger partial charge >= 0.3 is 0 Å². The Morgan fingerprint density at radius 2 is 1.66 bits per heavy atom. The molecule has 3 aromatic carbocycles. The summed E-state index contributed by atoms with van der Waals surface area (Å²) < 4.78 is 26.1. The monoisotopic (exact) mass is 448 g/mol. The standard InChI is InChI=1S/C26H28N2O3S/c1-19(23-12-11-21-9-6-10-24(21)17-23)27-26(29)22-13-15-25(16-14-22)28(32(2,30)31)18-20-7-4-3-5-8-20/h3-5,7-8,11-17,19H,6,9-10,18H2,1-2H3,(H,27,29)/t19-/m0/s1. The molecule has 1 amide bonds. The summed E-state index contributed by atoms with van der Waals surface area (Å²) in [5, 5.41) is 3.05. The minimum Gasteiger partial charge on any atom is -0.346 e. The largest absolute Gasteiger partial charge is 0.346 e. The predicted octanol–water partition coefficient (Wildman–Crippen LogP) is 4.63. The van der Waals surface area contributed by atoms with E-state index in [4.69, 9.17) is 0 Å². The van der Waals surface area contributed by atoms with E-state index in [1.807, 2.05) is 37.3 Å². The SMILES string of the molecule is C[C@H](NC(=O)c1ccc(N(Cc2ccccc2)S(C)(=O)=O)cc1)c1ccc2c(c1)CCC2. The molecule has 3 aromatic rings. The number of rotatable bonds is 7. The van der Waals surface area contributed by atoms with E-state index in [9.17, 15) is 13.2 Å². The van der Waals surface area contributed by atoms with Gasteiger partial charge in [-0.25, -0.2) is 8.42 Å². The Hall–Kier alpha value is -3.12. The summed E-state index contributed by atoms with van der Waals surface area (Å²) in [6, 6.07) is 22.5. The lowest BCUT2D eigenvalue weighted by atomic mass is 10.0. The molecule has 5 nitrogen and oxygen atoms in total. The van der Waals surface area contributed by atoms with Gasteiger partial charge in [0.15, 0.2) is 0 Å². The van der Waals surface area contributed by atoms with Crippen molar-refractivity contribution in [2.75, 3.05) is 10.6 Å². The zero-order valence-corrected chi connectivity index (χ0v) is 19.2. The van der Waals surface area contributed by atoms with Gasteiger partial charge in [-0.3, -0.25) is 9.10 Å². The van der Waals surface area contributed by atoms with Crippen LogP contribution in [0.25, 0.3) is 0 Å². The third kappa shape index (κ3) is 5.02. The molecule has 1 aliphatic carbocycles. The summed E-state index contributed by atoms with van der Waals surface area (Å²) in [6.07, 6.45) is 4.62. The first-order valence-electron chi connectivity index (χ1n) is 10.9. The van der Waals surface area contributed by atoms with Crippen LogP contribution in [0.1, 0.15) is 52.0 Å². The molecule has 0 spiro atoms. The van der Waals surface area contributed by atoms with E-state index in [1.165, 1.54) is 28.1 Å². The molecule has 0 saturated heterocycles. The molecule has 4 rings (SSSR count). The minimum absolute atomic E-state index is 0.112. The molecule has 0 aromatic heterocycles. The first-order valence-corrected chi connectivity index (χ1v) is 12.7. The molecule has 0 heterocycles. The fraction of sp³-hybridized carbons (Fsp3) is 0.269. The first kappa shape index (κ1) is 22.1. The van der Waals surface area contributed by atoms with Gasteiger partial charge in [-0.15, -0.1) is 0 Å². The molecular formula is C26H28N2O3S. The van der Waals surface area contributed by atoms with Crippen molar-refractivity contribution in [3.05, 3.63) is 101 Å². The summed E-state index contributed by atoms with van der Waals surface area (Å²) >= 11 is 0. The number of hydrogen-bond acceptors (Lipinski definition) is 3. The van der Waals surface area contributed by atoms with E-state index >= 15 is 0 Å². The van der Waals surface area contributed by atoms with Crippen LogP contribution in [0.15, 0.2) is 72.8 Å². The number of carbonyl (C=O) groups is 1. The lowest BCUT2D eigenvalue weighted by Gasteiger charge is -2.23. The fourth-order valence-electron chi connectivity index (χ4n) is 4.15. The van der Waals surface area contributed by atoms with Gasteiger partial charge in [0, 0.05) is 5.56 Å². The molecule has 0 fully saturated rings. The zero-order chi connectivity index (χ0) is 22.7. The number of sulfonamides is 1. The molecule has 166 valence electrons. The number of fused-ring (bicyclic) bond motifs is 1. The van der Waals surface area contributed by atoms with E-state index < -0.39 is 10.0 Å². The second-order valence-electron chi connectivity index (χ2n) is 8.38. The molecule has 0 saturated carbocycles. The number of benzene rings is 3. The predicted molar refractivity (Wildman–Crippen MR) is 128 cm³/mol. The number of aryl methyl sites for hydroxylation is 2. The number of amides is 1. The van der Waals surface area contributed by atoms with Crippen molar-refractivity contribution in [1.29, 1.82) is 0 Å². The van der Waals surface area contributed by atoms with Crippen molar-refractivity contribution >= 4 is 21.6 Å². The highest BCUT2D eigenvalue weighted by molar-refractivity contribution is 7.92. The van der Waals surface area contributed by atoms with Crippen molar-refractivity contribution in [2.45, 2.75) is 38.8 Å². The van der Waals surface area contributed by atoms with Crippen LogP contribution in [0.4, 0.5) is 5.69 Å². The summed E-state index contributed by atoms with van der Waals surface area (Å²) in [5.41, 5.74) is 5.81. The van der Waals surface area contributed by atoms with E-state index in [2.05, 4.69) is 23.5 Å². The molecule has 1 N–H and O–H groups in total. The van der Waals surface area contributed by atoms with Crippen LogP contribution in [0, 0.1) is 0 Å². The van der Waals surface area contributed by atoms with E-state index in [1.54, 1.807) is 24.3 Å². The second-order valence-corrected chi connectivity index (χ2v) is 10.3. The van der Waals surface area contributed by atoms with Crippen LogP contribution in [0.3, 0.4) is 0 Å². The molecule has 6 heteroatoms. The Morgan fingerprint density at radius 3 is 2.34 bits per heavy atom. The number of hydrogen-bond donors (Lipinski definition) is 1.